The molecule has 0 saturated heterocycles. The molecule has 2 aromatic carbocycles. The molecule has 0 atom stereocenters. The first-order chi connectivity index (χ1) is 14.0. The number of nitrogens with zero attached hydrogens (tertiary/aromatic N) is 3. The predicted octanol–water partition coefficient (Wildman–Crippen LogP) is 4.42. The Hall–Kier alpha value is -3.52. The van der Waals surface area contributed by atoms with Crippen molar-refractivity contribution in [3.05, 3.63) is 76.5 Å². The molecule has 4 aromatic rings. The first kappa shape index (κ1) is 18.8. The number of carbonyl (C=O) groups excluding carboxylic acids is 1. The molecule has 7 nitrogen and oxygen atoms in total. The van der Waals surface area contributed by atoms with Gasteiger partial charge in [0.25, 0.3) is 11.8 Å². The third-order valence-electron chi connectivity index (χ3n) is 4.19. The molecule has 0 unspecified atom stereocenters. The fraction of sp³-hybridized carbons (Fsp3) is 0.100. The van der Waals surface area contributed by atoms with Gasteiger partial charge in [-0.15, -0.1) is 0 Å². The van der Waals surface area contributed by atoms with Gasteiger partial charge in [0.2, 0.25) is 0 Å². The molecule has 0 radical (unpaired) electrons. The summed E-state index contributed by atoms with van der Waals surface area (Å²) in [5.41, 5.74) is 0.885. The Morgan fingerprint density at radius 1 is 1.10 bits per heavy atom. The summed E-state index contributed by atoms with van der Waals surface area (Å²) in [5.74, 6) is -0.267. The molecule has 146 valence electrons. The molecule has 0 spiro atoms. The molecule has 0 aliphatic heterocycles. The second kappa shape index (κ2) is 7.84. The third kappa shape index (κ3) is 3.74. The van der Waals surface area contributed by atoms with E-state index >= 15 is 0 Å². The summed E-state index contributed by atoms with van der Waals surface area (Å²) in [7, 11) is 0. The van der Waals surface area contributed by atoms with Crippen molar-refractivity contribution in [1.82, 2.24) is 20.6 Å². The molecule has 4 rings (SSSR count). The molecular weight excluding hydrogens is 399 g/mol. The first-order valence-electron chi connectivity index (χ1n) is 8.61. The number of rotatable bonds is 5. The summed E-state index contributed by atoms with van der Waals surface area (Å²) >= 11 is 6.10. The number of aryl methyl sites for hydroxylation is 1. The Balaban J connectivity index is 1.55. The van der Waals surface area contributed by atoms with Crippen LogP contribution in [-0.4, -0.2) is 21.2 Å². The molecule has 1 N–H and O–H groups in total. The maximum Gasteiger partial charge on any atom is 0.257 e. The van der Waals surface area contributed by atoms with Gasteiger partial charge in [-0.05, 0) is 31.2 Å². The maximum atomic E-state index is 14.3. The molecule has 2 heterocycles. The number of benzene rings is 2. The number of aromatic nitrogens is 3. The Morgan fingerprint density at radius 2 is 1.90 bits per heavy atom. The zero-order chi connectivity index (χ0) is 20.4. The van der Waals surface area contributed by atoms with E-state index in [1.54, 1.807) is 6.92 Å². The van der Waals surface area contributed by atoms with Gasteiger partial charge in [0.05, 0.1) is 17.1 Å². The quantitative estimate of drug-likeness (QED) is 0.521. The van der Waals surface area contributed by atoms with E-state index in [2.05, 4.69) is 20.6 Å². The molecule has 9 heteroatoms. The Labute approximate surface area is 169 Å². The van der Waals surface area contributed by atoms with Crippen LogP contribution < -0.4 is 5.32 Å². The third-order valence-corrected chi connectivity index (χ3v) is 4.50. The molecule has 0 saturated carbocycles. The largest absolute Gasteiger partial charge is 0.360 e. The molecule has 29 heavy (non-hydrogen) atoms. The average Bonchev–Trinajstić information content (AvgIpc) is 3.34. The SMILES string of the molecule is Cc1onc(-c2c(F)cccc2Cl)c1C(=O)NCc1noc(-c2ccccc2)n1. The predicted molar refractivity (Wildman–Crippen MR) is 103 cm³/mol. The number of hydrogen-bond donors (Lipinski definition) is 1. The summed E-state index contributed by atoms with van der Waals surface area (Å²) in [4.78, 5) is 17.0. The van der Waals surface area contributed by atoms with Crippen LogP contribution in [0, 0.1) is 12.7 Å². The van der Waals surface area contributed by atoms with Gasteiger partial charge in [0.1, 0.15) is 22.8 Å². The summed E-state index contributed by atoms with van der Waals surface area (Å²) in [6.45, 7) is 1.56. The fourth-order valence-electron chi connectivity index (χ4n) is 2.81. The molecular formula is C20H14ClFN4O3. The lowest BCUT2D eigenvalue weighted by molar-refractivity contribution is 0.0948. The van der Waals surface area contributed by atoms with E-state index in [-0.39, 0.29) is 40.0 Å². The van der Waals surface area contributed by atoms with Crippen molar-refractivity contribution in [2.24, 2.45) is 0 Å². The minimum Gasteiger partial charge on any atom is -0.360 e. The van der Waals surface area contributed by atoms with E-state index in [0.717, 1.165) is 5.56 Å². The smallest absolute Gasteiger partial charge is 0.257 e. The summed E-state index contributed by atoms with van der Waals surface area (Å²) < 4.78 is 24.6. The number of hydrogen-bond acceptors (Lipinski definition) is 6. The van der Waals surface area contributed by atoms with Crippen LogP contribution in [0.4, 0.5) is 4.39 Å². The van der Waals surface area contributed by atoms with Crippen LogP contribution in [0.15, 0.2) is 57.6 Å². The highest BCUT2D eigenvalue weighted by Crippen LogP contribution is 2.33. The van der Waals surface area contributed by atoms with Crippen molar-refractivity contribution in [3.63, 3.8) is 0 Å². The number of nitrogens with one attached hydrogen (secondary N) is 1. The van der Waals surface area contributed by atoms with Gasteiger partial charge in [0.15, 0.2) is 5.82 Å². The summed E-state index contributed by atoms with van der Waals surface area (Å²) in [6.07, 6.45) is 0. The Kier molecular flexibility index (Phi) is 5.09. The van der Waals surface area contributed by atoms with Crippen LogP contribution in [0.5, 0.6) is 0 Å². The van der Waals surface area contributed by atoms with Crippen LogP contribution in [-0.2, 0) is 6.54 Å². The number of carbonyl (C=O) groups is 1. The average molecular weight is 413 g/mol. The van der Waals surface area contributed by atoms with E-state index < -0.39 is 11.7 Å². The highest BCUT2D eigenvalue weighted by Gasteiger charge is 2.25. The normalized spacial score (nSPS) is 10.9. The molecule has 0 fully saturated rings. The van der Waals surface area contributed by atoms with Crippen molar-refractivity contribution in [3.8, 4) is 22.7 Å². The Bertz CT molecular complexity index is 1150. The zero-order valence-electron chi connectivity index (χ0n) is 15.1. The van der Waals surface area contributed by atoms with Crippen LogP contribution >= 0.6 is 11.6 Å². The van der Waals surface area contributed by atoms with Crippen LogP contribution in [0.25, 0.3) is 22.7 Å². The van der Waals surface area contributed by atoms with Crippen molar-refractivity contribution in [2.75, 3.05) is 0 Å². The van der Waals surface area contributed by atoms with Crippen molar-refractivity contribution < 1.29 is 18.2 Å². The van der Waals surface area contributed by atoms with Crippen molar-refractivity contribution >= 4 is 17.5 Å². The Morgan fingerprint density at radius 3 is 2.66 bits per heavy atom. The lowest BCUT2D eigenvalue weighted by Crippen LogP contribution is -2.24. The van der Waals surface area contributed by atoms with Crippen LogP contribution in [0.3, 0.4) is 0 Å². The minimum absolute atomic E-state index is 0.00194. The maximum absolute atomic E-state index is 14.3. The number of amides is 1. The summed E-state index contributed by atoms with van der Waals surface area (Å²) in [5, 5.41) is 10.5. The highest BCUT2D eigenvalue weighted by molar-refractivity contribution is 6.33. The fourth-order valence-corrected chi connectivity index (χ4v) is 3.06. The lowest BCUT2D eigenvalue weighted by atomic mass is 10.0. The van der Waals surface area contributed by atoms with E-state index in [1.165, 1.54) is 18.2 Å². The van der Waals surface area contributed by atoms with E-state index in [9.17, 15) is 9.18 Å². The zero-order valence-corrected chi connectivity index (χ0v) is 15.9. The van der Waals surface area contributed by atoms with Gasteiger partial charge in [-0.25, -0.2) is 4.39 Å². The standard InChI is InChI=1S/C20H14ClFN4O3/c1-11-16(18(26-28-11)17-13(21)8-5-9-14(17)22)19(27)23-10-15-24-20(29-25-15)12-6-3-2-4-7-12/h2-9H,10H2,1H3,(H,23,27). The minimum atomic E-state index is -0.606. The van der Waals surface area contributed by atoms with Gasteiger partial charge in [0, 0.05) is 5.56 Å². The van der Waals surface area contributed by atoms with Gasteiger partial charge in [-0.1, -0.05) is 46.2 Å². The van der Waals surface area contributed by atoms with E-state index in [0.29, 0.717) is 5.89 Å². The molecule has 0 bridgehead atoms. The first-order valence-corrected chi connectivity index (χ1v) is 8.99. The van der Waals surface area contributed by atoms with E-state index in [4.69, 9.17) is 20.6 Å². The number of halogens is 2. The van der Waals surface area contributed by atoms with Crippen molar-refractivity contribution in [2.45, 2.75) is 13.5 Å². The van der Waals surface area contributed by atoms with Gasteiger partial charge >= 0.3 is 0 Å². The van der Waals surface area contributed by atoms with Crippen LogP contribution in [0.1, 0.15) is 21.9 Å². The van der Waals surface area contributed by atoms with Gasteiger partial charge in [-0.2, -0.15) is 4.98 Å². The van der Waals surface area contributed by atoms with Crippen LogP contribution in [0.2, 0.25) is 5.02 Å². The molecule has 0 aliphatic carbocycles. The molecule has 2 aromatic heterocycles. The monoisotopic (exact) mass is 412 g/mol. The molecule has 0 aliphatic rings. The summed E-state index contributed by atoms with van der Waals surface area (Å²) in [6, 6.07) is 13.5. The highest BCUT2D eigenvalue weighted by atomic mass is 35.5. The topological polar surface area (TPSA) is 94.1 Å². The second-order valence-electron chi connectivity index (χ2n) is 6.12. The van der Waals surface area contributed by atoms with Gasteiger partial charge < -0.3 is 14.4 Å². The van der Waals surface area contributed by atoms with E-state index in [1.807, 2.05) is 30.3 Å². The second-order valence-corrected chi connectivity index (χ2v) is 6.53. The van der Waals surface area contributed by atoms with Crippen molar-refractivity contribution in [1.29, 1.82) is 0 Å². The lowest BCUT2D eigenvalue weighted by Gasteiger charge is -2.06. The van der Waals surface area contributed by atoms with Gasteiger partial charge in [-0.3, -0.25) is 4.79 Å². The molecule has 1 amide bonds.